The van der Waals surface area contributed by atoms with Crippen LogP contribution in [0.3, 0.4) is 0 Å². The largest absolute Gasteiger partial charge is 0.483 e. The number of rotatable bonds is 8. The molecule has 156 valence electrons. The van der Waals surface area contributed by atoms with Crippen LogP contribution in [0.2, 0.25) is 0 Å². The molecule has 3 rings (SSSR count). The molecule has 0 saturated carbocycles. The van der Waals surface area contributed by atoms with Crippen molar-refractivity contribution in [1.82, 2.24) is 0 Å². The van der Waals surface area contributed by atoms with Crippen molar-refractivity contribution in [2.45, 2.75) is 16.7 Å². The van der Waals surface area contributed by atoms with E-state index in [-0.39, 0.29) is 17.4 Å². The molecule has 0 aromatic heterocycles. The standard InChI is InChI=1S/C22H22N2O4S2/c1-16-13-20(30(26,27)24-17-7-4-3-5-8-17)11-12-21(16)28-15-22(25)23-18-9-6-10-19(14-18)29-2/h3-14,24H,15H2,1-2H3,(H,23,25). The molecule has 1 amide bonds. The molecule has 0 aliphatic carbocycles. The molecule has 0 fully saturated rings. The molecule has 6 nitrogen and oxygen atoms in total. The number of anilines is 2. The smallest absolute Gasteiger partial charge is 0.262 e. The zero-order valence-electron chi connectivity index (χ0n) is 16.6. The van der Waals surface area contributed by atoms with Crippen LogP contribution in [0.25, 0.3) is 0 Å². The molecule has 3 aromatic rings. The van der Waals surface area contributed by atoms with Crippen molar-refractivity contribution in [3.63, 3.8) is 0 Å². The molecule has 3 aromatic carbocycles. The van der Waals surface area contributed by atoms with Gasteiger partial charge in [-0.1, -0.05) is 24.3 Å². The Kier molecular flexibility index (Phi) is 7.02. The maximum atomic E-state index is 12.6. The van der Waals surface area contributed by atoms with E-state index in [1.165, 1.54) is 12.1 Å². The third-order valence-electron chi connectivity index (χ3n) is 4.19. The fourth-order valence-electron chi connectivity index (χ4n) is 2.71. The van der Waals surface area contributed by atoms with Gasteiger partial charge < -0.3 is 10.1 Å². The van der Waals surface area contributed by atoms with E-state index in [1.807, 2.05) is 36.6 Å². The van der Waals surface area contributed by atoms with Crippen LogP contribution in [-0.4, -0.2) is 27.2 Å². The van der Waals surface area contributed by atoms with E-state index in [9.17, 15) is 13.2 Å². The highest BCUT2D eigenvalue weighted by Gasteiger charge is 2.16. The summed E-state index contributed by atoms with van der Waals surface area (Å²) in [6.07, 6.45) is 1.96. The number of ether oxygens (including phenoxy) is 1. The summed E-state index contributed by atoms with van der Waals surface area (Å²) in [5.41, 5.74) is 1.79. The number of hydrogen-bond donors (Lipinski definition) is 2. The lowest BCUT2D eigenvalue weighted by atomic mass is 10.2. The highest BCUT2D eigenvalue weighted by molar-refractivity contribution is 7.98. The predicted molar refractivity (Wildman–Crippen MR) is 121 cm³/mol. The van der Waals surface area contributed by atoms with Crippen LogP contribution in [0.15, 0.2) is 82.6 Å². The molecular weight excluding hydrogens is 420 g/mol. The topological polar surface area (TPSA) is 84.5 Å². The monoisotopic (exact) mass is 442 g/mol. The van der Waals surface area contributed by atoms with E-state index < -0.39 is 10.0 Å². The maximum Gasteiger partial charge on any atom is 0.262 e. The van der Waals surface area contributed by atoms with Gasteiger partial charge in [0.2, 0.25) is 0 Å². The first-order valence-corrected chi connectivity index (χ1v) is 11.8. The zero-order valence-corrected chi connectivity index (χ0v) is 18.2. The Balaban J connectivity index is 1.63. The quantitative estimate of drug-likeness (QED) is 0.501. The zero-order chi connectivity index (χ0) is 21.6. The Labute approximate surface area is 180 Å². The number of hydrogen-bond acceptors (Lipinski definition) is 5. The number of carbonyl (C=O) groups is 1. The van der Waals surface area contributed by atoms with Gasteiger partial charge in [-0.25, -0.2) is 8.42 Å². The average molecular weight is 443 g/mol. The van der Waals surface area contributed by atoms with E-state index in [4.69, 9.17) is 4.74 Å². The van der Waals surface area contributed by atoms with Crippen molar-refractivity contribution in [1.29, 1.82) is 0 Å². The number of thioether (sulfide) groups is 1. The fourth-order valence-corrected chi connectivity index (χ4v) is 4.32. The Morgan fingerprint density at radius 1 is 0.967 bits per heavy atom. The molecular formula is C22H22N2O4S2. The van der Waals surface area contributed by atoms with E-state index in [2.05, 4.69) is 10.0 Å². The third-order valence-corrected chi connectivity index (χ3v) is 6.30. The van der Waals surface area contributed by atoms with E-state index >= 15 is 0 Å². The summed E-state index contributed by atoms with van der Waals surface area (Å²) in [5, 5.41) is 2.79. The fraction of sp³-hybridized carbons (Fsp3) is 0.136. The van der Waals surface area contributed by atoms with Crippen LogP contribution < -0.4 is 14.8 Å². The number of sulfonamides is 1. The van der Waals surface area contributed by atoms with Crippen molar-refractivity contribution < 1.29 is 17.9 Å². The van der Waals surface area contributed by atoms with Crippen molar-refractivity contribution in [2.75, 3.05) is 22.9 Å². The number of para-hydroxylation sites is 1. The second-order valence-corrected chi connectivity index (χ2v) is 9.03. The van der Waals surface area contributed by atoms with Crippen molar-refractivity contribution in [2.24, 2.45) is 0 Å². The molecule has 0 aliphatic heterocycles. The highest BCUT2D eigenvalue weighted by atomic mass is 32.2. The van der Waals surface area contributed by atoms with Crippen LogP contribution in [0.4, 0.5) is 11.4 Å². The molecule has 0 atom stereocenters. The number of carbonyl (C=O) groups excluding carboxylic acids is 1. The minimum atomic E-state index is -3.72. The Hall–Kier alpha value is -2.97. The molecule has 0 aliphatic rings. The summed E-state index contributed by atoms with van der Waals surface area (Å²) >= 11 is 1.59. The first-order chi connectivity index (χ1) is 14.4. The molecule has 0 heterocycles. The van der Waals surface area contributed by atoms with E-state index in [0.29, 0.717) is 22.7 Å². The molecule has 0 radical (unpaired) electrons. The predicted octanol–water partition coefficient (Wildman–Crippen LogP) is 4.54. The van der Waals surface area contributed by atoms with Gasteiger partial charge in [-0.3, -0.25) is 9.52 Å². The summed E-state index contributed by atoms with van der Waals surface area (Å²) in [5.74, 6) is 0.150. The van der Waals surface area contributed by atoms with Gasteiger partial charge >= 0.3 is 0 Å². The second-order valence-electron chi connectivity index (χ2n) is 6.47. The van der Waals surface area contributed by atoms with Crippen LogP contribution in [-0.2, 0) is 14.8 Å². The molecule has 0 unspecified atom stereocenters. The number of nitrogens with one attached hydrogen (secondary N) is 2. The summed E-state index contributed by atoms with van der Waals surface area (Å²) in [7, 11) is -3.72. The van der Waals surface area contributed by atoms with Crippen LogP contribution in [0, 0.1) is 6.92 Å². The Morgan fingerprint density at radius 2 is 1.70 bits per heavy atom. The maximum absolute atomic E-state index is 12.6. The van der Waals surface area contributed by atoms with Gasteiger partial charge in [0.15, 0.2) is 6.61 Å². The Morgan fingerprint density at radius 3 is 2.40 bits per heavy atom. The summed E-state index contributed by atoms with van der Waals surface area (Å²) in [4.78, 5) is 13.3. The van der Waals surface area contributed by atoms with Gasteiger partial charge in [0.1, 0.15) is 5.75 Å². The lowest BCUT2D eigenvalue weighted by Crippen LogP contribution is -2.20. The number of aryl methyl sites for hydroxylation is 1. The van der Waals surface area contributed by atoms with Gasteiger partial charge in [0.25, 0.3) is 15.9 Å². The molecule has 0 spiro atoms. The van der Waals surface area contributed by atoms with Gasteiger partial charge in [-0.2, -0.15) is 0 Å². The lowest BCUT2D eigenvalue weighted by Gasteiger charge is -2.12. The molecule has 30 heavy (non-hydrogen) atoms. The van der Waals surface area contributed by atoms with Gasteiger partial charge in [-0.15, -0.1) is 11.8 Å². The second kappa shape index (κ2) is 9.69. The van der Waals surface area contributed by atoms with Gasteiger partial charge in [0, 0.05) is 16.3 Å². The van der Waals surface area contributed by atoms with Gasteiger partial charge in [0.05, 0.1) is 4.90 Å². The summed E-state index contributed by atoms with van der Waals surface area (Å²) in [6.45, 7) is 1.55. The first-order valence-electron chi connectivity index (χ1n) is 9.12. The van der Waals surface area contributed by atoms with Crippen LogP contribution in [0.5, 0.6) is 5.75 Å². The minimum absolute atomic E-state index is 0.120. The van der Waals surface area contributed by atoms with Crippen molar-refractivity contribution in [3.05, 3.63) is 78.4 Å². The van der Waals surface area contributed by atoms with Gasteiger partial charge in [-0.05, 0) is 67.3 Å². The average Bonchev–Trinajstić information content (AvgIpc) is 2.73. The molecule has 8 heteroatoms. The third kappa shape index (κ3) is 5.77. The number of amides is 1. The summed E-state index contributed by atoms with van der Waals surface area (Å²) < 4.78 is 33.3. The first kappa shape index (κ1) is 21.7. The van der Waals surface area contributed by atoms with Crippen molar-refractivity contribution >= 4 is 39.1 Å². The Bertz CT molecular complexity index is 1130. The van der Waals surface area contributed by atoms with Crippen molar-refractivity contribution in [3.8, 4) is 5.75 Å². The number of benzene rings is 3. The summed E-state index contributed by atoms with van der Waals surface area (Å²) in [6, 6.07) is 20.7. The van der Waals surface area contributed by atoms with E-state index in [0.717, 1.165) is 4.90 Å². The molecule has 0 saturated heterocycles. The highest BCUT2D eigenvalue weighted by Crippen LogP contribution is 2.24. The van der Waals surface area contributed by atoms with Crippen LogP contribution >= 0.6 is 11.8 Å². The normalized spacial score (nSPS) is 11.0. The molecule has 0 bridgehead atoms. The molecule has 2 N–H and O–H groups in total. The van der Waals surface area contributed by atoms with Crippen LogP contribution in [0.1, 0.15) is 5.56 Å². The SMILES string of the molecule is CSc1cccc(NC(=O)COc2ccc(S(=O)(=O)Nc3ccccc3)cc2C)c1. The van der Waals surface area contributed by atoms with E-state index in [1.54, 1.807) is 49.0 Å². The minimum Gasteiger partial charge on any atom is -0.483 e. The lowest BCUT2D eigenvalue weighted by molar-refractivity contribution is -0.118.